The average molecular weight is 174 g/mol. The van der Waals surface area contributed by atoms with Gasteiger partial charge in [0.25, 0.3) is 0 Å². The van der Waals surface area contributed by atoms with Crippen molar-refractivity contribution in [1.29, 1.82) is 0 Å². The Balaban J connectivity index is 2.30. The van der Waals surface area contributed by atoms with E-state index in [2.05, 4.69) is 5.32 Å². The van der Waals surface area contributed by atoms with E-state index in [0.717, 1.165) is 0 Å². The van der Waals surface area contributed by atoms with Crippen LogP contribution in [0.25, 0.3) is 0 Å². The Labute approximate surface area is 73.1 Å². The molecule has 1 aliphatic rings. The zero-order valence-electron chi connectivity index (χ0n) is 7.66. The molecule has 0 aliphatic carbocycles. The molecule has 4 N–H and O–H groups in total. The number of rotatable bonds is 3. The molecule has 1 saturated heterocycles. The second kappa shape index (κ2) is 4.18. The Morgan fingerprint density at radius 1 is 1.50 bits per heavy atom. The molecular formula is C8H18N2O2. The zero-order valence-corrected chi connectivity index (χ0v) is 7.66. The second-order valence-corrected chi connectivity index (χ2v) is 3.53. The monoisotopic (exact) mass is 174 g/mol. The smallest absolute Gasteiger partial charge is 0.0948 e. The normalized spacial score (nSPS) is 35.0. The Morgan fingerprint density at radius 3 is 2.58 bits per heavy atom. The molecule has 4 heteroatoms. The van der Waals surface area contributed by atoms with Gasteiger partial charge in [-0.3, -0.25) is 0 Å². The minimum atomic E-state index is -0.383. The SMILES string of the molecule is CC(N)C(C)NC1COCC1O. The summed E-state index contributed by atoms with van der Waals surface area (Å²) in [5.74, 6) is 0. The van der Waals surface area contributed by atoms with Gasteiger partial charge in [-0.1, -0.05) is 0 Å². The predicted octanol–water partition coefficient (Wildman–Crippen LogP) is -0.929. The molecular weight excluding hydrogens is 156 g/mol. The third-order valence-electron chi connectivity index (χ3n) is 2.32. The Hall–Kier alpha value is -0.160. The minimum Gasteiger partial charge on any atom is -0.389 e. The molecule has 12 heavy (non-hydrogen) atoms. The molecule has 4 unspecified atom stereocenters. The van der Waals surface area contributed by atoms with Crippen LogP contribution in [0.4, 0.5) is 0 Å². The standard InChI is InChI=1S/C8H18N2O2/c1-5(9)6(2)10-7-3-12-4-8(7)11/h5-8,10-11H,3-4,9H2,1-2H3. The van der Waals surface area contributed by atoms with Crippen molar-refractivity contribution in [1.82, 2.24) is 5.32 Å². The molecule has 72 valence electrons. The summed E-state index contributed by atoms with van der Waals surface area (Å²) >= 11 is 0. The summed E-state index contributed by atoms with van der Waals surface area (Å²) in [4.78, 5) is 0. The van der Waals surface area contributed by atoms with Crippen LogP contribution in [0.15, 0.2) is 0 Å². The first-order valence-corrected chi connectivity index (χ1v) is 4.38. The van der Waals surface area contributed by atoms with E-state index in [9.17, 15) is 5.11 Å². The molecule has 1 aliphatic heterocycles. The van der Waals surface area contributed by atoms with Gasteiger partial charge in [-0.2, -0.15) is 0 Å². The molecule has 0 aromatic rings. The van der Waals surface area contributed by atoms with Gasteiger partial charge in [-0.15, -0.1) is 0 Å². The highest BCUT2D eigenvalue weighted by Gasteiger charge is 2.27. The van der Waals surface area contributed by atoms with Crippen LogP contribution < -0.4 is 11.1 Å². The maximum absolute atomic E-state index is 9.39. The van der Waals surface area contributed by atoms with Crippen LogP contribution >= 0.6 is 0 Å². The summed E-state index contributed by atoms with van der Waals surface area (Å²) in [6.07, 6.45) is -0.383. The van der Waals surface area contributed by atoms with Crippen LogP contribution in [0.3, 0.4) is 0 Å². The highest BCUT2D eigenvalue weighted by Crippen LogP contribution is 2.06. The van der Waals surface area contributed by atoms with Crippen molar-refractivity contribution in [3.8, 4) is 0 Å². The molecule has 0 radical (unpaired) electrons. The Kier molecular flexibility index (Phi) is 3.46. The van der Waals surface area contributed by atoms with Crippen LogP contribution in [0.2, 0.25) is 0 Å². The Bertz CT molecular complexity index is 141. The van der Waals surface area contributed by atoms with Crippen molar-refractivity contribution in [2.45, 2.75) is 38.1 Å². The maximum Gasteiger partial charge on any atom is 0.0948 e. The summed E-state index contributed by atoms with van der Waals surface area (Å²) in [6, 6.07) is 0.357. The van der Waals surface area contributed by atoms with Crippen LogP contribution in [0.5, 0.6) is 0 Å². The van der Waals surface area contributed by atoms with Gasteiger partial charge in [0.2, 0.25) is 0 Å². The summed E-state index contributed by atoms with van der Waals surface area (Å²) in [5.41, 5.74) is 5.67. The maximum atomic E-state index is 9.39. The van der Waals surface area contributed by atoms with Gasteiger partial charge >= 0.3 is 0 Å². The number of aliphatic hydroxyl groups is 1. The van der Waals surface area contributed by atoms with Gasteiger partial charge in [-0.05, 0) is 13.8 Å². The van der Waals surface area contributed by atoms with Gasteiger partial charge in [0.1, 0.15) is 0 Å². The molecule has 0 spiro atoms. The molecule has 1 rings (SSSR count). The van der Waals surface area contributed by atoms with E-state index in [1.807, 2.05) is 13.8 Å². The third-order valence-corrected chi connectivity index (χ3v) is 2.32. The van der Waals surface area contributed by atoms with Crippen molar-refractivity contribution in [2.75, 3.05) is 13.2 Å². The van der Waals surface area contributed by atoms with Gasteiger partial charge in [0.05, 0.1) is 25.4 Å². The summed E-state index contributed by atoms with van der Waals surface area (Å²) in [7, 11) is 0. The van der Waals surface area contributed by atoms with Gasteiger partial charge in [-0.25, -0.2) is 0 Å². The van der Waals surface area contributed by atoms with E-state index in [-0.39, 0.29) is 24.2 Å². The van der Waals surface area contributed by atoms with E-state index >= 15 is 0 Å². The summed E-state index contributed by atoms with van der Waals surface area (Å²) < 4.78 is 5.10. The molecule has 1 heterocycles. The van der Waals surface area contributed by atoms with Crippen LogP contribution in [-0.4, -0.2) is 42.5 Å². The van der Waals surface area contributed by atoms with Gasteiger partial charge in [0, 0.05) is 12.1 Å². The first-order valence-electron chi connectivity index (χ1n) is 4.38. The summed E-state index contributed by atoms with van der Waals surface area (Å²) in [5, 5.41) is 12.6. The van der Waals surface area contributed by atoms with Crippen molar-refractivity contribution in [2.24, 2.45) is 5.73 Å². The number of hydrogen-bond acceptors (Lipinski definition) is 4. The van der Waals surface area contributed by atoms with Crippen LogP contribution in [0, 0.1) is 0 Å². The van der Waals surface area contributed by atoms with E-state index in [1.165, 1.54) is 0 Å². The lowest BCUT2D eigenvalue weighted by Crippen LogP contribution is -2.50. The fourth-order valence-corrected chi connectivity index (χ4v) is 1.19. The molecule has 4 nitrogen and oxygen atoms in total. The molecule has 0 bridgehead atoms. The molecule has 0 aromatic carbocycles. The van der Waals surface area contributed by atoms with Gasteiger partial charge < -0.3 is 20.9 Å². The fraction of sp³-hybridized carbons (Fsp3) is 1.00. The highest BCUT2D eigenvalue weighted by molar-refractivity contribution is 4.84. The first-order chi connectivity index (χ1) is 5.61. The van der Waals surface area contributed by atoms with E-state index in [1.54, 1.807) is 0 Å². The van der Waals surface area contributed by atoms with Crippen molar-refractivity contribution in [3.05, 3.63) is 0 Å². The van der Waals surface area contributed by atoms with Crippen molar-refractivity contribution >= 4 is 0 Å². The number of nitrogens with one attached hydrogen (secondary N) is 1. The van der Waals surface area contributed by atoms with Crippen LogP contribution in [0.1, 0.15) is 13.8 Å². The topological polar surface area (TPSA) is 67.5 Å². The zero-order chi connectivity index (χ0) is 9.14. The molecule has 0 saturated carbocycles. The van der Waals surface area contributed by atoms with Crippen LogP contribution in [-0.2, 0) is 4.74 Å². The highest BCUT2D eigenvalue weighted by atomic mass is 16.5. The lowest BCUT2D eigenvalue weighted by Gasteiger charge is -2.23. The minimum absolute atomic E-state index is 0.0472. The van der Waals surface area contributed by atoms with E-state index in [4.69, 9.17) is 10.5 Å². The first kappa shape index (κ1) is 9.92. The molecule has 4 atom stereocenters. The summed E-state index contributed by atoms with van der Waals surface area (Å²) in [6.45, 7) is 4.97. The van der Waals surface area contributed by atoms with Crippen molar-refractivity contribution < 1.29 is 9.84 Å². The van der Waals surface area contributed by atoms with E-state index < -0.39 is 0 Å². The van der Waals surface area contributed by atoms with Gasteiger partial charge in [0.15, 0.2) is 0 Å². The quantitative estimate of drug-likeness (QED) is 0.517. The van der Waals surface area contributed by atoms with E-state index in [0.29, 0.717) is 13.2 Å². The number of aliphatic hydroxyl groups excluding tert-OH is 1. The molecule has 1 fully saturated rings. The molecule has 0 aromatic heterocycles. The predicted molar refractivity (Wildman–Crippen MR) is 46.9 cm³/mol. The lowest BCUT2D eigenvalue weighted by molar-refractivity contribution is 0.121. The lowest BCUT2D eigenvalue weighted by atomic mass is 10.1. The third kappa shape index (κ3) is 2.42. The van der Waals surface area contributed by atoms with Crippen molar-refractivity contribution in [3.63, 3.8) is 0 Å². The molecule has 0 amide bonds. The number of hydrogen-bond donors (Lipinski definition) is 3. The average Bonchev–Trinajstić information content (AvgIpc) is 2.36. The number of nitrogens with two attached hydrogens (primary N) is 1. The second-order valence-electron chi connectivity index (χ2n) is 3.53. The number of ether oxygens (including phenoxy) is 1. The largest absolute Gasteiger partial charge is 0.389 e. The Morgan fingerprint density at radius 2 is 2.17 bits per heavy atom. The fourth-order valence-electron chi connectivity index (χ4n) is 1.19.